The van der Waals surface area contributed by atoms with Crippen molar-refractivity contribution in [3.8, 4) is 5.75 Å². The van der Waals surface area contributed by atoms with E-state index in [1.54, 1.807) is 19.2 Å². The Morgan fingerprint density at radius 1 is 1.08 bits per heavy atom. The van der Waals surface area contributed by atoms with Crippen molar-refractivity contribution in [2.24, 2.45) is 0 Å². The smallest absolute Gasteiger partial charge is 0.253 e. The summed E-state index contributed by atoms with van der Waals surface area (Å²) in [7, 11) is 1.68. The first kappa shape index (κ1) is 17.8. The highest BCUT2D eigenvalue weighted by atomic mass is 35.5. The molecular formula is C20H23ClN2O2. The molecular weight excluding hydrogens is 336 g/mol. The Morgan fingerprint density at radius 2 is 1.80 bits per heavy atom. The van der Waals surface area contributed by atoms with Gasteiger partial charge >= 0.3 is 0 Å². The zero-order chi connectivity index (χ0) is 17.6. The van der Waals surface area contributed by atoms with E-state index in [9.17, 15) is 4.79 Å². The van der Waals surface area contributed by atoms with Crippen LogP contribution in [0.1, 0.15) is 15.9 Å². The van der Waals surface area contributed by atoms with Crippen molar-refractivity contribution in [1.29, 1.82) is 0 Å². The molecule has 0 radical (unpaired) electrons. The molecule has 0 aromatic heterocycles. The van der Waals surface area contributed by atoms with Gasteiger partial charge in [0.25, 0.3) is 5.91 Å². The first-order chi connectivity index (χ1) is 12.2. The first-order valence-corrected chi connectivity index (χ1v) is 8.93. The predicted molar refractivity (Wildman–Crippen MR) is 100 cm³/mol. The van der Waals surface area contributed by atoms with E-state index in [0.717, 1.165) is 44.9 Å². The van der Waals surface area contributed by atoms with Crippen LogP contribution in [0.2, 0.25) is 5.02 Å². The van der Waals surface area contributed by atoms with Crippen molar-refractivity contribution in [2.45, 2.75) is 6.42 Å². The van der Waals surface area contributed by atoms with Gasteiger partial charge in [0.2, 0.25) is 0 Å². The van der Waals surface area contributed by atoms with Gasteiger partial charge in [-0.3, -0.25) is 9.69 Å². The second-order valence-electron chi connectivity index (χ2n) is 6.24. The largest absolute Gasteiger partial charge is 0.497 e. The number of hydrogen-bond donors (Lipinski definition) is 0. The Bertz CT molecular complexity index is 710. The summed E-state index contributed by atoms with van der Waals surface area (Å²) in [6, 6.07) is 15.4. The van der Waals surface area contributed by atoms with Gasteiger partial charge in [-0.1, -0.05) is 29.8 Å². The number of carbonyl (C=O) groups excluding carboxylic acids is 1. The van der Waals surface area contributed by atoms with Crippen molar-refractivity contribution in [1.82, 2.24) is 9.80 Å². The van der Waals surface area contributed by atoms with Gasteiger partial charge in [-0.05, 0) is 42.3 Å². The maximum Gasteiger partial charge on any atom is 0.253 e. The average Bonchev–Trinajstić information content (AvgIpc) is 2.66. The zero-order valence-corrected chi connectivity index (χ0v) is 15.2. The Kier molecular flexibility index (Phi) is 5.95. The molecule has 0 aliphatic carbocycles. The van der Waals surface area contributed by atoms with Crippen LogP contribution in [0.3, 0.4) is 0 Å². The molecule has 0 unspecified atom stereocenters. The number of benzene rings is 2. The minimum atomic E-state index is 0.0669. The quantitative estimate of drug-likeness (QED) is 0.821. The second-order valence-corrected chi connectivity index (χ2v) is 6.68. The molecule has 2 aromatic carbocycles. The summed E-state index contributed by atoms with van der Waals surface area (Å²) in [5.41, 5.74) is 1.97. The van der Waals surface area contributed by atoms with Crippen molar-refractivity contribution < 1.29 is 9.53 Å². The van der Waals surface area contributed by atoms with E-state index in [-0.39, 0.29) is 5.91 Å². The topological polar surface area (TPSA) is 32.8 Å². The van der Waals surface area contributed by atoms with E-state index in [0.29, 0.717) is 10.6 Å². The standard InChI is InChI=1S/C20H23ClN2O2/c1-25-19-7-5-16(6-8-19)9-10-22-11-13-23(14-12-22)20(24)17-3-2-4-18(21)15-17/h2-8,15H,9-14H2,1H3. The molecule has 0 bridgehead atoms. The maximum atomic E-state index is 12.5. The third-order valence-corrected chi connectivity index (χ3v) is 4.84. The van der Waals surface area contributed by atoms with Gasteiger partial charge in [0.05, 0.1) is 7.11 Å². The van der Waals surface area contributed by atoms with Crippen LogP contribution in [-0.2, 0) is 6.42 Å². The molecule has 25 heavy (non-hydrogen) atoms. The van der Waals surface area contributed by atoms with Crippen molar-refractivity contribution in [2.75, 3.05) is 39.8 Å². The van der Waals surface area contributed by atoms with Gasteiger partial charge in [0.15, 0.2) is 0 Å². The summed E-state index contributed by atoms with van der Waals surface area (Å²) < 4.78 is 5.19. The van der Waals surface area contributed by atoms with Crippen LogP contribution in [-0.4, -0.2) is 55.5 Å². The maximum absolute atomic E-state index is 12.5. The molecule has 1 heterocycles. The first-order valence-electron chi connectivity index (χ1n) is 8.56. The third kappa shape index (κ3) is 4.74. The number of carbonyl (C=O) groups is 1. The summed E-state index contributed by atoms with van der Waals surface area (Å²) >= 11 is 5.98. The molecule has 132 valence electrons. The number of nitrogens with zero attached hydrogens (tertiary/aromatic N) is 2. The highest BCUT2D eigenvalue weighted by Gasteiger charge is 2.22. The molecule has 1 amide bonds. The van der Waals surface area contributed by atoms with Gasteiger partial charge in [-0.15, -0.1) is 0 Å². The summed E-state index contributed by atoms with van der Waals surface area (Å²) in [6.45, 7) is 4.33. The van der Waals surface area contributed by atoms with Gasteiger partial charge < -0.3 is 9.64 Å². The molecule has 0 atom stereocenters. The predicted octanol–water partition coefficient (Wildman–Crippen LogP) is 3.35. The lowest BCUT2D eigenvalue weighted by atomic mass is 10.1. The van der Waals surface area contributed by atoms with Crippen LogP contribution in [0.5, 0.6) is 5.75 Å². The fourth-order valence-corrected chi connectivity index (χ4v) is 3.25. The number of piperazine rings is 1. The minimum Gasteiger partial charge on any atom is -0.497 e. The highest BCUT2D eigenvalue weighted by molar-refractivity contribution is 6.30. The van der Waals surface area contributed by atoms with E-state index < -0.39 is 0 Å². The minimum absolute atomic E-state index is 0.0669. The lowest BCUT2D eigenvalue weighted by Crippen LogP contribution is -2.49. The SMILES string of the molecule is COc1ccc(CCN2CCN(C(=O)c3cccc(Cl)c3)CC2)cc1. The lowest BCUT2D eigenvalue weighted by molar-refractivity contribution is 0.0638. The van der Waals surface area contributed by atoms with E-state index >= 15 is 0 Å². The average molecular weight is 359 g/mol. The Labute approximate surface area is 154 Å². The molecule has 2 aromatic rings. The number of halogens is 1. The molecule has 3 rings (SSSR count). The van der Waals surface area contributed by atoms with Crippen molar-refractivity contribution in [3.05, 3.63) is 64.7 Å². The summed E-state index contributed by atoms with van der Waals surface area (Å²) in [6.07, 6.45) is 1.01. The van der Waals surface area contributed by atoms with Crippen molar-refractivity contribution in [3.63, 3.8) is 0 Å². The normalized spacial score (nSPS) is 15.2. The monoisotopic (exact) mass is 358 g/mol. The third-order valence-electron chi connectivity index (χ3n) is 4.61. The zero-order valence-electron chi connectivity index (χ0n) is 14.5. The van der Waals surface area contributed by atoms with E-state index in [2.05, 4.69) is 17.0 Å². The molecule has 0 spiro atoms. The Balaban J connectivity index is 1.47. The molecule has 0 N–H and O–H groups in total. The van der Waals surface area contributed by atoms with Gasteiger partial charge in [-0.2, -0.15) is 0 Å². The number of methoxy groups -OCH3 is 1. The fourth-order valence-electron chi connectivity index (χ4n) is 3.06. The number of hydrogen-bond acceptors (Lipinski definition) is 3. The van der Waals surface area contributed by atoms with Crippen LogP contribution in [0, 0.1) is 0 Å². The van der Waals surface area contributed by atoms with Crippen LogP contribution < -0.4 is 4.74 Å². The number of rotatable bonds is 5. The summed E-state index contributed by atoms with van der Waals surface area (Å²) in [4.78, 5) is 16.9. The highest BCUT2D eigenvalue weighted by Crippen LogP contribution is 2.15. The fraction of sp³-hybridized carbons (Fsp3) is 0.350. The lowest BCUT2D eigenvalue weighted by Gasteiger charge is -2.34. The number of amides is 1. The summed E-state index contributed by atoms with van der Waals surface area (Å²) in [5.74, 6) is 0.953. The van der Waals surface area contributed by atoms with Crippen LogP contribution >= 0.6 is 11.6 Å². The molecule has 0 saturated carbocycles. The van der Waals surface area contributed by atoms with Gasteiger partial charge in [0.1, 0.15) is 5.75 Å². The molecule has 1 aliphatic heterocycles. The van der Waals surface area contributed by atoms with E-state index in [1.165, 1.54) is 5.56 Å². The number of ether oxygens (including phenoxy) is 1. The van der Waals surface area contributed by atoms with Crippen LogP contribution in [0.15, 0.2) is 48.5 Å². The van der Waals surface area contributed by atoms with Gasteiger partial charge in [-0.25, -0.2) is 0 Å². The Hall–Kier alpha value is -2.04. The second kappa shape index (κ2) is 8.37. The molecule has 1 aliphatic rings. The van der Waals surface area contributed by atoms with Crippen molar-refractivity contribution >= 4 is 17.5 Å². The molecule has 5 heteroatoms. The van der Waals surface area contributed by atoms with Crippen LogP contribution in [0.25, 0.3) is 0 Å². The molecule has 4 nitrogen and oxygen atoms in total. The molecule has 1 fully saturated rings. The summed E-state index contributed by atoms with van der Waals surface area (Å²) in [5, 5.41) is 0.601. The van der Waals surface area contributed by atoms with Crippen LogP contribution in [0.4, 0.5) is 0 Å². The molecule has 1 saturated heterocycles. The van der Waals surface area contributed by atoms with E-state index in [4.69, 9.17) is 16.3 Å². The van der Waals surface area contributed by atoms with E-state index in [1.807, 2.05) is 29.2 Å². The Morgan fingerprint density at radius 3 is 2.44 bits per heavy atom. The van der Waals surface area contributed by atoms with Gasteiger partial charge in [0, 0.05) is 43.3 Å².